The second kappa shape index (κ2) is 6.18. The van der Waals surface area contributed by atoms with Crippen molar-refractivity contribution in [1.82, 2.24) is 10.4 Å². The summed E-state index contributed by atoms with van der Waals surface area (Å²) in [5, 5.41) is 0. The highest BCUT2D eigenvalue weighted by molar-refractivity contribution is 5.24. The summed E-state index contributed by atoms with van der Waals surface area (Å²) in [6, 6.07) is 4.04. The van der Waals surface area contributed by atoms with Crippen molar-refractivity contribution in [1.29, 1.82) is 0 Å². The number of nitrogens with two attached hydrogens (primary N) is 1. The van der Waals surface area contributed by atoms with E-state index in [-0.39, 0.29) is 6.04 Å². The molecule has 0 fully saturated rings. The van der Waals surface area contributed by atoms with Crippen molar-refractivity contribution in [2.45, 2.75) is 32.7 Å². The van der Waals surface area contributed by atoms with Gasteiger partial charge in [0.25, 0.3) is 0 Å². The molecular weight excluding hydrogens is 186 g/mol. The number of pyridine rings is 1. The number of hydrogen-bond donors (Lipinski definition) is 2. The number of nitrogens with one attached hydrogen (secondary N) is 1. The van der Waals surface area contributed by atoms with E-state index in [2.05, 4.69) is 35.2 Å². The Hall–Kier alpha value is -1.37. The van der Waals surface area contributed by atoms with Gasteiger partial charge in [-0.15, -0.1) is 11.8 Å². The average Bonchev–Trinajstić information content (AvgIpc) is 2.30. The van der Waals surface area contributed by atoms with Crippen LogP contribution in [0.15, 0.2) is 18.3 Å². The topological polar surface area (TPSA) is 50.9 Å². The number of hydrogen-bond acceptors (Lipinski definition) is 3. The van der Waals surface area contributed by atoms with E-state index >= 15 is 0 Å². The summed E-state index contributed by atoms with van der Waals surface area (Å²) >= 11 is 0. The lowest BCUT2D eigenvalue weighted by molar-refractivity contribution is 0.548. The fourth-order valence-electron chi connectivity index (χ4n) is 1.50. The Kier molecular flexibility index (Phi) is 4.82. The van der Waals surface area contributed by atoms with Crippen LogP contribution in [-0.4, -0.2) is 4.98 Å². The minimum absolute atomic E-state index is 0.0219. The zero-order valence-corrected chi connectivity index (χ0v) is 9.25. The van der Waals surface area contributed by atoms with Crippen molar-refractivity contribution in [2.24, 2.45) is 5.84 Å². The SMILES string of the molecule is CC#CCC(NN)c1ncccc1CC. The molecule has 15 heavy (non-hydrogen) atoms. The van der Waals surface area contributed by atoms with Crippen LogP contribution in [0.1, 0.15) is 37.6 Å². The molecule has 3 N–H and O–H groups in total. The molecule has 0 aliphatic carbocycles. The lowest BCUT2D eigenvalue weighted by atomic mass is 10.0. The van der Waals surface area contributed by atoms with Crippen molar-refractivity contribution in [3.8, 4) is 11.8 Å². The highest BCUT2D eigenvalue weighted by atomic mass is 15.2. The number of rotatable bonds is 4. The largest absolute Gasteiger partial charge is 0.271 e. The summed E-state index contributed by atoms with van der Waals surface area (Å²) in [5.41, 5.74) is 4.99. The number of hydrazine groups is 1. The molecule has 1 rings (SSSR count). The van der Waals surface area contributed by atoms with Crippen LogP contribution in [0, 0.1) is 11.8 Å². The summed E-state index contributed by atoms with van der Waals surface area (Å²) < 4.78 is 0. The second-order valence-corrected chi connectivity index (χ2v) is 3.25. The van der Waals surface area contributed by atoms with E-state index in [0.29, 0.717) is 6.42 Å². The molecule has 0 aromatic carbocycles. The van der Waals surface area contributed by atoms with E-state index < -0.39 is 0 Å². The Morgan fingerprint density at radius 2 is 2.40 bits per heavy atom. The third kappa shape index (κ3) is 3.05. The Morgan fingerprint density at radius 1 is 1.60 bits per heavy atom. The third-order valence-electron chi connectivity index (χ3n) is 2.32. The number of aromatic nitrogens is 1. The predicted molar refractivity (Wildman–Crippen MR) is 61.7 cm³/mol. The van der Waals surface area contributed by atoms with Crippen LogP contribution >= 0.6 is 0 Å². The fraction of sp³-hybridized carbons (Fsp3) is 0.417. The molecule has 1 unspecified atom stereocenters. The van der Waals surface area contributed by atoms with Gasteiger partial charge in [-0.3, -0.25) is 16.3 Å². The summed E-state index contributed by atoms with van der Waals surface area (Å²) in [4.78, 5) is 4.36. The van der Waals surface area contributed by atoms with Gasteiger partial charge < -0.3 is 0 Å². The van der Waals surface area contributed by atoms with Crippen LogP contribution in [0.25, 0.3) is 0 Å². The lowest BCUT2D eigenvalue weighted by Gasteiger charge is -2.15. The first-order chi connectivity index (χ1) is 7.33. The molecule has 0 aliphatic heterocycles. The highest BCUT2D eigenvalue weighted by Crippen LogP contribution is 2.17. The monoisotopic (exact) mass is 203 g/mol. The van der Waals surface area contributed by atoms with Gasteiger partial charge in [0.05, 0.1) is 11.7 Å². The van der Waals surface area contributed by atoms with E-state index in [1.165, 1.54) is 5.56 Å². The summed E-state index contributed by atoms with van der Waals surface area (Å²) in [7, 11) is 0. The maximum absolute atomic E-state index is 5.51. The number of aryl methyl sites for hydroxylation is 1. The molecule has 80 valence electrons. The van der Waals surface area contributed by atoms with Gasteiger partial charge in [-0.2, -0.15) is 0 Å². The Bertz CT molecular complexity index is 363. The maximum atomic E-state index is 5.51. The Morgan fingerprint density at radius 3 is 3.00 bits per heavy atom. The van der Waals surface area contributed by atoms with Crippen LogP contribution in [0.3, 0.4) is 0 Å². The molecule has 1 aromatic heterocycles. The van der Waals surface area contributed by atoms with Gasteiger partial charge in [0.1, 0.15) is 0 Å². The van der Waals surface area contributed by atoms with Gasteiger partial charge in [-0.25, -0.2) is 0 Å². The van der Waals surface area contributed by atoms with Gasteiger partial charge in [0.15, 0.2) is 0 Å². The van der Waals surface area contributed by atoms with Gasteiger partial charge >= 0.3 is 0 Å². The molecule has 0 aliphatic rings. The molecule has 0 radical (unpaired) electrons. The Balaban J connectivity index is 2.93. The molecule has 0 spiro atoms. The summed E-state index contributed by atoms with van der Waals surface area (Å²) in [5.74, 6) is 11.4. The molecule has 1 heterocycles. The molecule has 1 atom stereocenters. The molecule has 0 saturated heterocycles. The van der Waals surface area contributed by atoms with Crippen LogP contribution in [0.4, 0.5) is 0 Å². The van der Waals surface area contributed by atoms with Crippen molar-refractivity contribution < 1.29 is 0 Å². The van der Waals surface area contributed by atoms with Crippen LogP contribution < -0.4 is 11.3 Å². The average molecular weight is 203 g/mol. The van der Waals surface area contributed by atoms with E-state index in [0.717, 1.165) is 12.1 Å². The normalized spacial score (nSPS) is 11.7. The van der Waals surface area contributed by atoms with Crippen LogP contribution in [0.2, 0.25) is 0 Å². The first-order valence-corrected chi connectivity index (χ1v) is 5.13. The zero-order chi connectivity index (χ0) is 11.1. The molecule has 0 amide bonds. The van der Waals surface area contributed by atoms with Crippen LogP contribution in [-0.2, 0) is 6.42 Å². The van der Waals surface area contributed by atoms with E-state index in [4.69, 9.17) is 5.84 Å². The van der Waals surface area contributed by atoms with Gasteiger partial charge in [0.2, 0.25) is 0 Å². The molecule has 0 saturated carbocycles. The van der Waals surface area contributed by atoms with Gasteiger partial charge in [-0.1, -0.05) is 13.0 Å². The predicted octanol–water partition coefficient (Wildman–Crippen LogP) is 1.56. The molecular formula is C12H17N3. The van der Waals surface area contributed by atoms with Gasteiger partial charge in [-0.05, 0) is 25.0 Å². The number of nitrogens with zero attached hydrogens (tertiary/aromatic N) is 1. The second-order valence-electron chi connectivity index (χ2n) is 3.25. The smallest absolute Gasteiger partial charge is 0.0743 e. The summed E-state index contributed by atoms with van der Waals surface area (Å²) in [6.45, 7) is 3.94. The van der Waals surface area contributed by atoms with Crippen molar-refractivity contribution in [3.63, 3.8) is 0 Å². The van der Waals surface area contributed by atoms with Crippen LogP contribution in [0.5, 0.6) is 0 Å². The van der Waals surface area contributed by atoms with E-state index in [1.807, 2.05) is 13.0 Å². The van der Waals surface area contributed by atoms with Crippen molar-refractivity contribution >= 4 is 0 Å². The minimum atomic E-state index is 0.0219. The summed E-state index contributed by atoms with van der Waals surface area (Å²) in [6.07, 6.45) is 3.44. The van der Waals surface area contributed by atoms with Gasteiger partial charge in [0, 0.05) is 12.6 Å². The lowest BCUT2D eigenvalue weighted by Crippen LogP contribution is -2.29. The molecule has 0 bridgehead atoms. The minimum Gasteiger partial charge on any atom is -0.271 e. The Labute approximate surface area is 91.1 Å². The zero-order valence-electron chi connectivity index (χ0n) is 9.25. The van der Waals surface area contributed by atoms with Crippen molar-refractivity contribution in [3.05, 3.63) is 29.6 Å². The quantitative estimate of drug-likeness (QED) is 0.443. The maximum Gasteiger partial charge on any atom is 0.0743 e. The fourth-order valence-corrected chi connectivity index (χ4v) is 1.50. The standard InChI is InChI=1S/C12H17N3/c1-3-5-8-11(15-13)12-10(4-2)7-6-9-14-12/h6-7,9,11,15H,4,8,13H2,1-2H3. The molecule has 1 aromatic rings. The van der Waals surface area contributed by atoms with E-state index in [9.17, 15) is 0 Å². The van der Waals surface area contributed by atoms with E-state index in [1.54, 1.807) is 6.20 Å². The van der Waals surface area contributed by atoms with Crippen molar-refractivity contribution in [2.75, 3.05) is 0 Å². The molecule has 3 heteroatoms. The first-order valence-electron chi connectivity index (χ1n) is 5.13. The molecule has 3 nitrogen and oxygen atoms in total. The highest BCUT2D eigenvalue weighted by Gasteiger charge is 2.12. The first kappa shape index (κ1) is 11.7. The third-order valence-corrected chi connectivity index (χ3v) is 2.32.